The zero-order chi connectivity index (χ0) is 8.32. The number of halogens is 1. The molecule has 1 nitrogen and oxygen atoms in total. The molecule has 0 aromatic heterocycles. The van der Waals surface area contributed by atoms with Crippen LogP contribution in [0.1, 0.15) is 26.2 Å². The number of hydrogen-bond acceptors (Lipinski definition) is 1. The van der Waals surface area contributed by atoms with Crippen molar-refractivity contribution in [2.75, 3.05) is 17.3 Å². The van der Waals surface area contributed by atoms with Gasteiger partial charge in [0.15, 0.2) is 0 Å². The summed E-state index contributed by atoms with van der Waals surface area (Å²) in [5.41, 5.74) is 0. The molecule has 0 unspecified atom stereocenters. The maximum absolute atomic E-state index is 11.2. The first-order valence-corrected chi connectivity index (χ1v) is 8.12. The van der Waals surface area contributed by atoms with Crippen LogP contribution in [0.25, 0.3) is 0 Å². The van der Waals surface area contributed by atoms with Gasteiger partial charge in [-0.1, -0.05) is 6.92 Å². The maximum Gasteiger partial charge on any atom is 0.141 e. The first-order valence-electron chi connectivity index (χ1n) is 4.14. The molecule has 0 saturated carbocycles. The van der Waals surface area contributed by atoms with Crippen molar-refractivity contribution in [2.24, 2.45) is 0 Å². The highest BCUT2D eigenvalue weighted by molar-refractivity contribution is 9.58. The molecule has 0 amide bonds. The normalized spacial score (nSPS) is 24.9. The molecule has 0 aromatic rings. The summed E-state index contributed by atoms with van der Waals surface area (Å²) in [6.45, 7) is 1.95. The van der Waals surface area contributed by atoms with E-state index in [0.717, 1.165) is 5.75 Å². The molecule has 1 saturated heterocycles. The maximum atomic E-state index is 11.2. The largest absolute Gasteiger partial charge is 0.299 e. The van der Waals surface area contributed by atoms with Gasteiger partial charge < -0.3 is 0 Å². The quantitative estimate of drug-likeness (QED) is 0.740. The van der Waals surface area contributed by atoms with Crippen molar-refractivity contribution in [1.82, 2.24) is 0 Å². The fraction of sp³-hybridized carbons (Fsp3) is 0.875. The predicted octanol–water partition coefficient (Wildman–Crippen LogP) is 2.87. The van der Waals surface area contributed by atoms with Gasteiger partial charge in [0.2, 0.25) is 0 Å². The highest BCUT2D eigenvalue weighted by Gasteiger charge is 2.27. The van der Waals surface area contributed by atoms with Gasteiger partial charge in [-0.2, -0.15) is 8.46 Å². The predicted molar refractivity (Wildman–Crippen MR) is 55.7 cm³/mol. The average molecular weight is 239 g/mol. The Balaban J connectivity index is 2.39. The number of Topliss-reactive ketones (excluding diaryl/α,β-unsaturated/α-hetero) is 1. The fourth-order valence-corrected chi connectivity index (χ4v) is 6.21. The van der Waals surface area contributed by atoms with Crippen LogP contribution < -0.4 is 0 Å². The van der Waals surface area contributed by atoms with Crippen molar-refractivity contribution < 1.29 is 4.79 Å². The SMILES string of the molecule is CCC(=O)CS1(Br)CCCC1. The van der Waals surface area contributed by atoms with Crippen LogP contribution >= 0.6 is 23.3 Å². The lowest BCUT2D eigenvalue weighted by Crippen LogP contribution is -2.09. The third kappa shape index (κ3) is 2.79. The van der Waals surface area contributed by atoms with Gasteiger partial charge in [0.05, 0.1) is 0 Å². The molecule has 0 bridgehead atoms. The number of carbonyl (C=O) groups excluding carboxylic acids is 1. The zero-order valence-corrected chi connectivity index (χ0v) is 9.34. The van der Waals surface area contributed by atoms with Crippen molar-refractivity contribution in [2.45, 2.75) is 26.2 Å². The van der Waals surface area contributed by atoms with Gasteiger partial charge in [0, 0.05) is 12.2 Å². The highest BCUT2D eigenvalue weighted by atomic mass is 79.9. The van der Waals surface area contributed by atoms with Crippen LogP contribution in [0.3, 0.4) is 0 Å². The van der Waals surface area contributed by atoms with E-state index < -0.39 is 8.46 Å². The topological polar surface area (TPSA) is 17.1 Å². The van der Waals surface area contributed by atoms with Crippen molar-refractivity contribution in [3.8, 4) is 0 Å². The van der Waals surface area contributed by atoms with Gasteiger partial charge >= 0.3 is 0 Å². The third-order valence-corrected chi connectivity index (χ3v) is 7.59. The molecule has 1 aliphatic rings. The van der Waals surface area contributed by atoms with Crippen molar-refractivity contribution in [1.29, 1.82) is 0 Å². The fourth-order valence-electron chi connectivity index (χ4n) is 1.36. The summed E-state index contributed by atoms with van der Waals surface area (Å²) in [7, 11) is -0.652. The number of rotatable bonds is 3. The smallest absolute Gasteiger partial charge is 0.141 e. The number of hydrogen-bond donors (Lipinski definition) is 0. The van der Waals surface area contributed by atoms with Gasteiger partial charge in [-0.05, 0) is 39.2 Å². The second-order valence-corrected chi connectivity index (χ2v) is 10.2. The molecular weight excluding hydrogens is 224 g/mol. The second-order valence-electron chi connectivity index (χ2n) is 3.09. The number of ketones is 1. The molecule has 0 spiro atoms. The first kappa shape index (κ1) is 9.59. The highest BCUT2D eigenvalue weighted by Crippen LogP contribution is 2.60. The Kier molecular flexibility index (Phi) is 3.44. The lowest BCUT2D eigenvalue weighted by atomic mass is 10.4. The van der Waals surface area contributed by atoms with E-state index in [1.165, 1.54) is 24.3 Å². The minimum Gasteiger partial charge on any atom is -0.299 e. The van der Waals surface area contributed by atoms with Crippen LogP contribution in [0.4, 0.5) is 0 Å². The summed E-state index contributed by atoms with van der Waals surface area (Å²) < 4.78 is 0. The summed E-state index contributed by atoms with van der Waals surface area (Å²) in [5, 5.41) is 0. The summed E-state index contributed by atoms with van der Waals surface area (Å²) in [5.74, 6) is 3.78. The number of carbonyl (C=O) groups is 1. The van der Waals surface area contributed by atoms with Crippen molar-refractivity contribution >= 4 is 29.1 Å². The van der Waals surface area contributed by atoms with E-state index in [1.807, 2.05) is 6.92 Å². The van der Waals surface area contributed by atoms with E-state index in [9.17, 15) is 4.79 Å². The van der Waals surface area contributed by atoms with E-state index in [1.54, 1.807) is 0 Å². The van der Waals surface area contributed by atoms with Crippen LogP contribution in [-0.2, 0) is 4.79 Å². The zero-order valence-electron chi connectivity index (χ0n) is 6.94. The van der Waals surface area contributed by atoms with Crippen LogP contribution in [-0.4, -0.2) is 23.0 Å². The standard InChI is InChI=1S/C8H15BrOS/c1-2-8(10)7-11(9)5-3-4-6-11/h2-7H2,1H3. The molecule has 3 heteroatoms. The molecule has 1 aliphatic heterocycles. The van der Waals surface area contributed by atoms with E-state index in [0.29, 0.717) is 12.2 Å². The molecule has 1 rings (SSSR count). The van der Waals surface area contributed by atoms with E-state index in [2.05, 4.69) is 14.8 Å². The first-order chi connectivity index (χ1) is 5.16. The van der Waals surface area contributed by atoms with E-state index >= 15 is 0 Å². The molecular formula is C8H15BrOS. The molecule has 0 atom stereocenters. The minimum atomic E-state index is -0.652. The lowest BCUT2D eigenvalue weighted by molar-refractivity contribution is -0.116. The molecule has 66 valence electrons. The Morgan fingerprint density at radius 3 is 2.45 bits per heavy atom. The van der Waals surface area contributed by atoms with Crippen LogP contribution in [0, 0.1) is 0 Å². The van der Waals surface area contributed by atoms with Crippen molar-refractivity contribution in [3.63, 3.8) is 0 Å². The second kappa shape index (κ2) is 3.94. The summed E-state index contributed by atoms with van der Waals surface area (Å²) in [4.78, 5) is 11.2. The van der Waals surface area contributed by atoms with Gasteiger partial charge in [-0.25, -0.2) is 0 Å². The van der Waals surface area contributed by atoms with Gasteiger partial charge in [0.1, 0.15) is 5.78 Å². The summed E-state index contributed by atoms with van der Waals surface area (Å²) >= 11 is 3.75. The Hall–Kier alpha value is 0.500. The monoisotopic (exact) mass is 238 g/mol. The Morgan fingerprint density at radius 1 is 1.45 bits per heavy atom. The summed E-state index contributed by atoms with van der Waals surface area (Å²) in [6.07, 6.45) is 3.34. The van der Waals surface area contributed by atoms with Gasteiger partial charge in [-0.3, -0.25) is 4.79 Å². The average Bonchev–Trinajstić information content (AvgIpc) is 2.36. The Labute approximate surface area is 77.5 Å². The van der Waals surface area contributed by atoms with Crippen LogP contribution in [0.5, 0.6) is 0 Å². The molecule has 11 heavy (non-hydrogen) atoms. The molecule has 1 heterocycles. The van der Waals surface area contributed by atoms with Crippen LogP contribution in [0.2, 0.25) is 0 Å². The molecule has 0 aromatic carbocycles. The third-order valence-electron chi connectivity index (χ3n) is 2.08. The Bertz CT molecular complexity index is 152. The molecule has 0 aliphatic carbocycles. The molecule has 0 N–H and O–H groups in total. The molecule has 0 radical (unpaired) electrons. The van der Waals surface area contributed by atoms with Gasteiger partial charge in [-0.15, -0.1) is 0 Å². The Morgan fingerprint density at radius 2 is 2.00 bits per heavy atom. The van der Waals surface area contributed by atoms with Crippen LogP contribution in [0.15, 0.2) is 0 Å². The van der Waals surface area contributed by atoms with Crippen molar-refractivity contribution in [3.05, 3.63) is 0 Å². The van der Waals surface area contributed by atoms with E-state index in [4.69, 9.17) is 0 Å². The molecule has 1 fully saturated rings. The minimum absolute atomic E-state index is 0.429. The van der Waals surface area contributed by atoms with E-state index in [-0.39, 0.29) is 0 Å². The summed E-state index contributed by atoms with van der Waals surface area (Å²) in [6, 6.07) is 0. The lowest BCUT2D eigenvalue weighted by Gasteiger charge is -2.26. The van der Waals surface area contributed by atoms with Gasteiger partial charge in [0.25, 0.3) is 0 Å².